The lowest BCUT2D eigenvalue weighted by Gasteiger charge is -2.33. The van der Waals surface area contributed by atoms with Gasteiger partial charge in [-0.3, -0.25) is 0 Å². The standard InChI is InChI=1S/C14H18N2O3/c1-8-5-11(6-8)15-14(19)16-12-7-10(13(17)18)4-3-9(12)2/h3-4,7-8,11H,5-6H2,1-2H3,(H,17,18)(H2,15,16,19). The third-order valence-electron chi connectivity index (χ3n) is 3.44. The molecule has 1 aromatic rings. The second-order valence-electron chi connectivity index (χ2n) is 5.21. The number of amides is 2. The Morgan fingerprint density at radius 1 is 1.32 bits per heavy atom. The van der Waals surface area contributed by atoms with Crippen LogP contribution in [0, 0.1) is 12.8 Å². The first-order valence-electron chi connectivity index (χ1n) is 6.37. The van der Waals surface area contributed by atoms with Crippen LogP contribution < -0.4 is 10.6 Å². The molecule has 5 nitrogen and oxygen atoms in total. The number of carboxylic acids is 1. The number of rotatable bonds is 3. The van der Waals surface area contributed by atoms with E-state index in [-0.39, 0.29) is 17.6 Å². The van der Waals surface area contributed by atoms with E-state index in [2.05, 4.69) is 17.6 Å². The number of carboxylic acid groups (broad SMARTS) is 1. The number of benzene rings is 1. The van der Waals surface area contributed by atoms with Crippen LogP contribution in [-0.2, 0) is 0 Å². The van der Waals surface area contributed by atoms with Gasteiger partial charge in [-0.1, -0.05) is 13.0 Å². The number of urea groups is 1. The zero-order valence-electron chi connectivity index (χ0n) is 11.1. The molecule has 1 aliphatic carbocycles. The van der Waals surface area contributed by atoms with Crippen molar-refractivity contribution in [1.82, 2.24) is 5.32 Å². The Kier molecular flexibility index (Phi) is 3.74. The van der Waals surface area contributed by atoms with Crippen molar-refractivity contribution in [2.45, 2.75) is 32.7 Å². The molecule has 3 N–H and O–H groups in total. The first-order chi connectivity index (χ1) is 8.95. The lowest BCUT2D eigenvalue weighted by Crippen LogP contribution is -2.45. The predicted octanol–water partition coefficient (Wildman–Crippen LogP) is 2.61. The lowest BCUT2D eigenvalue weighted by molar-refractivity contribution is 0.0697. The van der Waals surface area contributed by atoms with Crippen molar-refractivity contribution in [3.63, 3.8) is 0 Å². The van der Waals surface area contributed by atoms with E-state index in [1.54, 1.807) is 6.07 Å². The summed E-state index contributed by atoms with van der Waals surface area (Å²) in [6.07, 6.45) is 2.00. The van der Waals surface area contributed by atoms with E-state index in [1.807, 2.05) is 6.92 Å². The molecule has 0 spiro atoms. The molecule has 5 heteroatoms. The molecule has 102 valence electrons. The molecule has 1 aliphatic rings. The van der Waals surface area contributed by atoms with Gasteiger partial charge in [0, 0.05) is 11.7 Å². The van der Waals surface area contributed by atoms with Crippen molar-refractivity contribution in [2.24, 2.45) is 5.92 Å². The average molecular weight is 262 g/mol. The topological polar surface area (TPSA) is 78.4 Å². The highest BCUT2D eigenvalue weighted by Crippen LogP contribution is 2.26. The summed E-state index contributed by atoms with van der Waals surface area (Å²) in [6, 6.07) is 4.64. The summed E-state index contributed by atoms with van der Waals surface area (Å²) in [5.41, 5.74) is 1.53. The number of aryl methyl sites for hydroxylation is 1. The van der Waals surface area contributed by atoms with Crippen molar-refractivity contribution >= 4 is 17.7 Å². The van der Waals surface area contributed by atoms with Crippen molar-refractivity contribution in [3.05, 3.63) is 29.3 Å². The molecule has 0 aliphatic heterocycles. The molecule has 0 saturated heterocycles. The van der Waals surface area contributed by atoms with Gasteiger partial charge in [0.15, 0.2) is 0 Å². The smallest absolute Gasteiger partial charge is 0.335 e. The molecule has 1 saturated carbocycles. The SMILES string of the molecule is Cc1ccc(C(=O)O)cc1NC(=O)NC1CC(C)C1. The number of nitrogens with one attached hydrogen (secondary N) is 2. The Morgan fingerprint density at radius 3 is 2.58 bits per heavy atom. The first-order valence-corrected chi connectivity index (χ1v) is 6.37. The summed E-state index contributed by atoms with van der Waals surface area (Å²) < 4.78 is 0. The van der Waals surface area contributed by atoms with Crippen molar-refractivity contribution in [2.75, 3.05) is 5.32 Å². The summed E-state index contributed by atoms with van der Waals surface area (Å²) in [7, 11) is 0. The van der Waals surface area contributed by atoms with E-state index < -0.39 is 5.97 Å². The van der Waals surface area contributed by atoms with Crippen LogP contribution in [0.1, 0.15) is 35.7 Å². The normalized spacial score (nSPS) is 21.4. The molecule has 0 heterocycles. The van der Waals surface area contributed by atoms with Gasteiger partial charge < -0.3 is 15.7 Å². The average Bonchev–Trinajstić information content (AvgIpc) is 2.29. The highest BCUT2D eigenvalue weighted by molar-refractivity contribution is 5.94. The molecule has 0 unspecified atom stereocenters. The molecule has 1 aromatic carbocycles. The Labute approximate surface area is 112 Å². The van der Waals surface area contributed by atoms with Crippen LogP contribution in [0.4, 0.5) is 10.5 Å². The Hall–Kier alpha value is -2.04. The van der Waals surface area contributed by atoms with Gasteiger partial charge in [-0.15, -0.1) is 0 Å². The predicted molar refractivity (Wildman–Crippen MR) is 72.5 cm³/mol. The van der Waals surface area contributed by atoms with Gasteiger partial charge >= 0.3 is 12.0 Å². The van der Waals surface area contributed by atoms with Gasteiger partial charge in [-0.05, 0) is 43.4 Å². The van der Waals surface area contributed by atoms with Gasteiger partial charge in [0.25, 0.3) is 0 Å². The van der Waals surface area contributed by atoms with E-state index in [1.165, 1.54) is 12.1 Å². The zero-order chi connectivity index (χ0) is 14.0. The van der Waals surface area contributed by atoms with Gasteiger partial charge in [-0.2, -0.15) is 0 Å². The molecule has 0 aromatic heterocycles. The van der Waals surface area contributed by atoms with Crippen LogP contribution in [0.3, 0.4) is 0 Å². The number of aromatic carboxylic acids is 1. The van der Waals surface area contributed by atoms with E-state index in [4.69, 9.17) is 5.11 Å². The van der Waals surface area contributed by atoms with Gasteiger partial charge in [-0.25, -0.2) is 9.59 Å². The number of carbonyl (C=O) groups excluding carboxylic acids is 1. The Balaban J connectivity index is 1.99. The molecule has 0 radical (unpaired) electrons. The van der Waals surface area contributed by atoms with E-state index in [0.29, 0.717) is 11.6 Å². The maximum atomic E-state index is 11.8. The third kappa shape index (κ3) is 3.24. The Bertz CT molecular complexity index is 507. The largest absolute Gasteiger partial charge is 0.478 e. The number of hydrogen-bond donors (Lipinski definition) is 3. The molecular weight excluding hydrogens is 244 g/mol. The fourth-order valence-electron chi connectivity index (χ4n) is 2.25. The van der Waals surface area contributed by atoms with Gasteiger partial charge in [0.05, 0.1) is 5.56 Å². The summed E-state index contributed by atoms with van der Waals surface area (Å²) in [6.45, 7) is 3.98. The van der Waals surface area contributed by atoms with Crippen LogP contribution in [0.5, 0.6) is 0 Å². The number of hydrogen-bond acceptors (Lipinski definition) is 2. The Morgan fingerprint density at radius 2 is 2.00 bits per heavy atom. The summed E-state index contributed by atoms with van der Waals surface area (Å²) in [5, 5.41) is 14.5. The van der Waals surface area contributed by atoms with Crippen LogP contribution in [0.25, 0.3) is 0 Å². The van der Waals surface area contributed by atoms with E-state index in [0.717, 1.165) is 18.4 Å². The number of carbonyl (C=O) groups is 2. The fourth-order valence-corrected chi connectivity index (χ4v) is 2.25. The molecule has 19 heavy (non-hydrogen) atoms. The molecule has 0 bridgehead atoms. The summed E-state index contributed by atoms with van der Waals surface area (Å²) in [5.74, 6) is -0.335. The molecule has 2 rings (SSSR count). The van der Waals surface area contributed by atoms with Gasteiger partial charge in [0.1, 0.15) is 0 Å². The van der Waals surface area contributed by atoms with Crippen molar-refractivity contribution < 1.29 is 14.7 Å². The monoisotopic (exact) mass is 262 g/mol. The van der Waals surface area contributed by atoms with Crippen LogP contribution in [0.2, 0.25) is 0 Å². The summed E-state index contributed by atoms with van der Waals surface area (Å²) >= 11 is 0. The minimum absolute atomic E-state index is 0.165. The van der Waals surface area contributed by atoms with E-state index in [9.17, 15) is 9.59 Å². The summed E-state index contributed by atoms with van der Waals surface area (Å²) in [4.78, 5) is 22.7. The minimum atomic E-state index is -1.00. The maximum Gasteiger partial charge on any atom is 0.335 e. The maximum absolute atomic E-state index is 11.8. The van der Waals surface area contributed by atoms with Crippen molar-refractivity contribution in [1.29, 1.82) is 0 Å². The third-order valence-corrected chi connectivity index (χ3v) is 3.44. The van der Waals surface area contributed by atoms with Crippen LogP contribution in [-0.4, -0.2) is 23.1 Å². The minimum Gasteiger partial charge on any atom is -0.478 e. The highest BCUT2D eigenvalue weighted by atomic mass is 16.4. The van der Waals surface area contributed by atoms with Crippen LogP contribution in [0.15, 0.2) is 18.2 Å². The van der Waals surface area contributed by atoms with E-state index >= 15 is 0 Å². The van der Waals surface area contributed by atoms with Crippen molar-refractivity contribution in [3.8, 4) is 0 Å². The quantitative estimate of drug-likeness (QED) is 0.783. The second kappa shape index (κ2) is 5.30. The first kappa shape index (κ1) is 13.4. The lowest BCUT2D eigenvalue weighted by atomic mass is 9.82. The molecule has 1 fully saturated rings. The molecular formula is C14H18N2O3. The zero-order valence-corrected chi connectivity index (χ0v) is 11.1. The number of anilines is 1. The molecule has 0 atom stereocenters. The van der Waals surface area contributed by atoms with Crippen LogP contribution >= 0.6 is 0 Å². The molecule has 2 amide bonds. The highest BCUT2D eigenvalue weighted by Gasteiger charge is 2.26. The van der Waals surface area contributed by atoms with Gasteiger partial charge in [0.2, 0.25) is 0 Å². The fraction of sp³-hybridized carbons (Fsp3) is 0.429. The second-order valence-corrected chi connectivity index (χ2v) is 5.21.